The van der Waals surface area contributed by atoms with Crippen LogP contribution in [0.3, 0.4) is 0 Å². The molecule has 2 rings (SSSR count). The molecule has 1 fully saturated rings. The first kappa shape index (κ1) is 15.3. The Morgan fingerprint density at radius 2 is 2.20 bits per heavy atom. The Labute approximate surface area is 127 Å². The summed E-state index contributed by atoms with van der Waals surface area (Å²) >= 11 is 3.22. The van der Waals surface area contributed by atoms with E-state index < -0.39 is 5.82 Å². The summed E-state index contributed by atoms with van der Waals surface area (Å²) in [6, 6.07) is 2.80. The minimum absolute atomic E-state index is 0.00995. The molecule has 0 bridgehead atoms. The first-order chi connectivity index (χ1) is 9.43. The van der Waals surface area contributed by atoms with Gasteiger partial charge in [-0.25, -0.2) is 4.39 Å². The van der Waals surface area contributed by atoms with Gasteiger partial charge in [-0.1, -0.05) is 20.3 Å². The molecule has 0 aromatic heterocycles. The van der Waals surface area contributed by atoms with Crippen molar-refractivity contribution in [2.75, 3.05) is 5.73 Å². The zero-order valence-electron chi connectivity index (χ0n) is 11.7. The molecule has 20 heavy (non-hydrogen) atoms. The van der Waals surface area contributed by atoms with E-state index in [1.54, 1.807) is 0 Å². The average Bonchev–Trinajstić information content (AvgIpc) is 2.74. The summed E-state index contributed by atoms with van der Waals surface area (Å²) in [4.78, 5) is 12.3. The van der Waals surface area contributed by atoms with Crippen molar-refractivity contribution >= 4 is 27.5 Å². The molecule has 1 aromatic carbocycles. The fourth-order valence-electron chi connectivity index (χ4n) is 3.01. The Kier molecular flexibility index (Phi) is 4.68. The van der Waals surface area contributed by atoms with Gasteiger partial charge >= 0.3 is 0 Å². The van der Waals surface area contributed by atoms with Crippen molar-refractivity contribution in [2.45, 2.75) is 39.2 Å². The molecule has 1 amide bonds. The highest BCUT2D eigenvalue weighted by Gasteiger charge is 2.32. The largest absolute Gasteiger partial charge is 0.396 e. The molecule has 5 heteroatoms. The van der Waals surface area contributed by atoms with Crippen LogP contribution < -0.4 is 11.1 Å². The van der Waals surface area contributed by atoms with Gasteiger partial charge in [0.15, 0.2) is 0 Å². The minimum atomic E-state index is -0.520. The van der Waals surface area contributed by atoms with E-state index in [0.29, 0.717) is 21.9 Å². The number of nitrogens with two attached hydrogens (primary N) is 1. The Balaban J connectivity index is 2.11. The molecule has 1 aromatic rings. The van der Waals surface area contributed by atoms with Crippen LogP contribution in [0, 0.1) is 17.7 Å². The number of anilines is 1. The quantitative estimate of drug-likeness (QED) is 0.822. The van der Waals surface area contributed by atoms with Gasteiger partial charge in [-0.05, 0) is 52.7 Å². The van der Waals surface area contributed by atoms with Crippen LogP contribution in [0.1, 0.15) is 43.5 Å². The van der Waals surface area contributed by atoms with Crippen LogP contribution in [0.25, 0.3) is 0 Å². The van der Waals surface area contributed by atoms with E-state index in [1.165, 1.54) is 12.1 Å². The van der Waals surface area contributed by atoms with Crippen LogP contribution in [0.2, 0.25) is 0 Å². The summed E-state index contributed by atoms with van der Waals surface area (Å²) in [5.74, 6) is 0.424. The molecule has 3 nitrogen and oxygen atoms in total. The normalized spacial score (nSPS) is 25.7. The number of amides is 1. The first-order valence-corrected chi connectivity index (χ1v) is 7.78. The summed E-state index contributed by atoms with van der Waals surface area (Å²) in [6.45, 7) is 4.36. The number of nitrogen functional groups attached to an aromatic ring is 1. The van der Waals surface area contributed by atoms with E-state index in [4.69, 9.17) is 5.73 Å². The number of carbonyl (C=O) groups is 1. The van der Waals surface area contributed by atoms with Gasteiger partial charge in [0.1, 0.15) is 5.82 Å². The molecule has 3 atom stereocenters. The Morgan fingerprint density at radius 1 is 1.50 bits per heavy atom. The highest BCUT2D eigenvalue weighted by atomic mass is 79.9. The maximum atomic E-state index is 13.3. The van der Waals surface area contributed by atoms with Crippen LogP contribution in [-0.2, 0) is 0 Å². The number of rotatable bonds is 3. The standard InChI is InChI=1S/C15H20BrFN2O/c1-3-9-4-5-14(8(9)2)19-15(20)10-6-13(18)12(17)7-11(10)16/h6-9,14H,3-5,18H2,1-2H3,(H,19,20). The SMILES string of the molecule is CCC1CCC(NC(=O)c2cc(N)c(F)cc2Br)C1C. The zero-order chi connectivity index (χ0) is 14.9. The molecular weight excluding hydrogens is 323 g/mol. The van der Waals surface area contributed by atoms with Crippen molar-refractivity contribution < 1.29 is 9.18 Å². The van der Waals surface area contributed by atoms with Crippen molar-refractivity contribution in [3.63, 3.8) is 0 Å². The third-order valence-electron chi connectivity index (χ3n) is 4.40. The van der Waals surface area contributed by atoms with Gasteiger partial charge in [0, 0.05) is 10.5 Å². The van der Waals surface area contributed by atoms with Gasteiger partial charge in [0.2, 0.25) is 0 Å². The van der Waals surface area contributed by atoms with Crippen molar-refractivity contribution in [3.8, 4) is 0 Å². The third kappa shape index (κ3) is 2.97. The van der Waals surface area contributed by atoms with E-state index in [2.05, 4.69) is 35.1 Å². The van der Waals surface area contributed by atoms with Crippen LogP contribution in [0.5, 0.6) is 0 Å². The fraction of sp³-hybridized carbons (Fsp3) is 0.533. The Morgan fingerprint density at radius 3 is 2.80 bits per heavy atom. The van der Waals surface area contributed by atoms with Gasteiger partial charge in [-0.3, -0.25) is 4.79 Å². The maximum Gasteiger partial charge on any atom is 0.252 e. The molecule has 0 spiro atoms. The summed E-state index contributed by atoms with van der Waals surface area (Å²) in [7, 11) is 0. The zero-order valence-corrected chi connectivity index (χ0v) is 13.3. The lowest BCUT2D eigenvalue weighted by Crippen LogP contribution is -2.37. The van der Waals surface area contributed by atoms with Crippen LogP contribution in [0.4, 0.5) is 10.1 Å². The summed E-state index contributed by atoms with van der Waals surface area (Å²) < 4.78 is 13.7. The van der Waals surface area contributed by atoms with E-state index in [1.807, 2.05) is 0 Å². The molecular formula is C15H20BrFN2O. The van der Waals surface area contributed by atoms with Crippen LogP contribution in [0.15, 0.2) is 16.6 Å². The van der Waals surface area contributed by atoms with Crippen molar-refractivity contribution in [1.82, 2.24) is 5.32 Å². The molecule has 110 valence electrons. The molecule has 1 saturated carbocycles. The Bertz CT molecular complexity index is 521. The van der Waals surface area contributed by atoms with E-state index in [-0.39, 0.29) is 17.6 Å². The lowest BCUT2D eigenvalue weighted by atomic mass is 9.93. The molecule has 1 aliphatic rings. The predicted molar refractivity (Wildman–Crippen MR) is 81.9 cm³/mol. The van der Waals surface area contributed by atoms with Crippen molar-refractivity contribution in [3.05, 3.63) is 28.0 Å². The topological polar surface area (TPSA) is 55.1 Å². The van der Waals surface area contributed by atoms with Crippen molar-refractivity contribution in [2.24, 2.45) is 11.8 Å². The lowest BCUT2D eigenvalue weighted by Gasteiger charge is -2.21. The van der Waals surface area contributed by atoms with Gasteiger partial charge in [-0.2, -0.15) is 0 Å². The number of halogens is 2. The highest BCUT2D eigenvalue weighted by molar-refractivity contribution is 9.10. The number of carbonyl (C=O) groups excluding carboxylic acids is 1. The lowest BCUT2D eigenvalue weighted by molar-refractivity contribution is 0.0926. The second-order valence-electron chi connectivity index (χ2n) is 5.54. The van der Waals surface area contributed by atoms with Crippen LogP contribution >= 0.6 is 15.9 Å². The van der Waals surface area contributed by atoms with Gasteiger partial charge in [-0.15, -0.1) is 0 Å². The number of nitrogens with one attached hydrogen (secondary N) is 1. The molecule has 3 N–H and O–H groups in total. The maximum absolute atomic E-state index is 13.3. The second kappa shape index (κ2) is 6.12. The second-order valence-corrected chi connectivity index (χ2v) is 6.39. The molecule has 3 unspecified atom stereocenters. The number of hydrogen-bond acceptors (Lipinski definition) is 2. The van der Waals surface area contributed by atoms with E-state index >= 15 is 0 Å². The predicted octanol–water partition coefficient (Wildman–Crippen LogP) is 3.72. The van der Waals surface area contributed by atoms with Gasteiger partial charge in [0.25, 0.3) is 5.91 Å². The van der Waals surface area contributed by atoms with E-state index in [0.717, 1.165) is 19.3 Å². The number of benzene rings is 1. The summed E-state index contributed by atoms with van der Waals surface area (Å²) in [5, 5.41) is 3.05. The monoisotopic (exact) mass is 342 g/mol. The average molecular weight is 343 g/mol. The van der Waals surface area contributed by atoms with Crippen LogP contribution in [-0.4, -0.2) is 11.9 Å². The summed E-state index contributed by atoms with van der Waals surface area (Å²) in [6.07, 6.45) is 3.29. The highest BCUT2D eigenvalue weighted by Crippen LogP contribution is 2.34. The van der Waals surface area contributed by atoms with E-state index in [9.17, 15) is 9.18 Å². The van der Waals surface area contributed by atoms with Crippen molar-refractivity contribution in [1.29, 1.82) is 0 Å². The molecule has 0 aliphatic heterocycles. The Hall–Kier alpha value is -1.10. The minimum Gasteiger partial charge on any atom is -0.396 e. The molecule has 0 saturated heterocycles. The number of hydrogen-bond donors (Lipinski definition) is 2. The fourth-order valence-corrected chi connectivity index (χ4v) is 3.51. The molecule has 1 aliphatic carbocycles. The van der Waals surface area contributed by atoms with Gasteiger partial charge in [0.05, 0.1) is 11.3 Å². The smallest absolute Gasteiger partial charge is 0.252 e. The third-order valence-corrected chi connectivity index (χ3v) is 5.05. The van der Waals surface area contributed by atoms with Gasteiger partial charge < -0.3 is 11.1 Å². The summed E-state index contributed by atoms with van der Waals surface area (Å²) in [5.41, 5.74) is 5.91. The molecule has 0 radical (unpaired) electrons. The molecule has 0 heterocycles. The first-order valence-electron chi connectivity index (χ1n) is 6.99.